The van der Waals surface area contributed by atoms with Gasteiger partial charge in [0.2, 0.25) is 5.91 Å². The van der Waals surface area contributed by atoms with Crippen LogP contribution in [-0.4, -0.2) is 29.4 Å². The first-order chi connectivity index (χ1) is 13.5. The number of benzene rings is 2. The molecular formula is C19H24N6O3. The van der Waals surface area contributed by atoms with Crippen molar-refractivity contribution < 1.29 is 9.72 Å². The number of amides is 1. The maximum Gasteiger partial charge on any atom is 0.269 e. The minimum Gasteiger partial charge on any atom is -0.370 e. The zero-order valence-electron chi connectivity index (χ0n) is 15.4. The standard InChI is InChI=1S/C19H24N6O3/c20-19(21)22-12-4-7-17(23-13-14-5-2-1-3-6-14)18(26)24-15-8-10-16(11-9-15)25(27)28/h1-3,5-6,8-11,17,23H,4,7,12-13H2,(H,24,26)(H4,20,21,22). The van der Waals surface area contributed by atoms with E-state index in [2.05, 4.69) is 16.0 Å². The normalized spacial score (nSPS) is 11.4. The molecule has 9 nitrogen and oxygen atoms in total. The van der Waals surface area contributed by atoms with E-state index in [0.29, 0.717) is 31.6 Å². The van der Waals surface area contributed by atoms with Gasteiger partial charge >= 0.3 is 0 Å². The van der Waals surface area contributed by atoms with Gasteiger partial charge in [-0.2, -0.15) is 0 Å². The molecule has 6 N–H and O–H groups in total. The van der Waals surface area contributed by atoms with E-state index >= 15 is 0 Å². The van der Waals surface area contributed by atoms with Crippen molar-refractivity contribution in [1.82, 2.24) is 10.6 Å². The first kappa shape index (κ1) is 20.8. The molecule has 0 aromatic heterocycles. The fourth-order valence-corrected chi connectivity index (χ4v) is 2.59. The van der Waals surface area contributed by atoms with Crippen molar-refractivity contribution in [2.75, 3.05) is 11.9 Å². The van der Waals surface area contributed by atoms with Gasteiger partial charge in [0, 0.05) is 30.9 Å². The summed E-state index contributed by atoms with van der Waals surface area (Å²) in [7, 11) is 0. The van der Waals surface area contributed by atoms with E-state index in [1.165, 1.54) is 24.3 Å². The molecule has 2 aromatic carbocycles. The average Bonchev–Trinajstić information content (AvgIpc) is 2.68. The van der Waals surface area contributed by atoms with E-state index in [1.807, 2.05) is 30.3 Å². The van der Waals surface area contributed by atoms with Crippen LogP contribution in [-0.2, 0) is 11.3 Å². The molecular weight excluding hydrogens is 360 g/mol. The smallest absolute Gasteiger partial charge is 0.269 e. The second-order valence-electron chi connectivity index (χ2n) is 6.20. The number of hydrogen-bond acceptors (Lipinski definition) is 5. The summed E-state index contributed by atoms with van der Waals surface area (Å²) < 4.78 is 0. The van der Waals surface area contributed by atoms with Crippen LogP contribution in [0.5, 0.6) is 0 Å². The fraction of sp³-hybridized carbons (Fsp3) is 0.263. The molecule has 9 heteroatoms. The highest BCUT2D eigenvalue weighted by Gasteiger charge is 2.18. The van der Waals surface area contributed by atoms with Crippen molar-refractivity contribution in [3.8, 4) is 0 Å². The molecule has 1 atom stereocenters. The quantitative estimate of drug-likeness (QED) is 0.139. The van der Waals surface area contributed by atoms with Crippen LogP contribution in [0.4, 0.5) is 11.4 Å². The van der Waals surface area contributed by atoms with Gasteiger partial charge in [-0.25, -0.2) is 0 Å². The third-order valence-corrected chi connectivity index (χ3v) is 4.04. The van der Waals surface area contributed by atoms with Crippen LogP contribution in [0.2, 0.25) is 0 Å². The number of hydrogen-bond donors (Lipinski definition) is 5. The number of nitro benzene ring substituents is 1. The van der Waals surface area contributed by atoms with Crippen LogP contribution < -0.4 is 21.7 Å². The summed E-state index contributed by atoms with van der Waals surface area (Å²) in [5.74, 6) is -0.336. The molecule has 28 heavy (non-hydrogen) atoms. The number of nitrogens with two attached hydrogens (primary N) is 1. The van der Waals surface area contributed by atoms with Gasteiger partial charge in [0.15, 0.2) is 5.96 Å². The molecule has 0 fully saturated rings. The van der Waals surface area contributed by atoms with Crippen LogP contribution in [0.25, 0.3) is 0 Å². The maximum absolute atomic E-state index is 12.7. The van der Waals surface area contributed by atoms with Gasteiger partial charge in [0.05, 0.1) is 11.0 Å². The molecule has 0 aliphatic carbocycles. The minimum absolute atomic E-state index is 0.0351. The Kier molecular flexibility index (Phi) is 7.92. The van der Waals surface area contributed by atoms with Crippen molar-refractivity contribution in [2.45, 2.75) is 25.4 Å². The van der Waals surface area contributed by atoms with Crippen LogP contribution in [0, 0.1) is 15.5 Å². The lowest BCUT2D eigenvalue weighted by Gasteiger charge is -2.19. The SMILES string of the molecule is N=C(N)NCCCC(NCc1ccccc1)C(=O)Nc1ccc([N+](=O)[O-])cc1. The Bertz CT molecular complexity index is 795. The predicted molar refractivity (Wildman–Crippen MR) is 108 cm³/mol. The zero-order valence-corrected chi connectivity index (χ0v) is 15.4. The number of carbonyl (C=O) groups excluding carboxylic acids is 1. The summed E-state index contributed by atoms with van der Waals surface area (Å²) in [4.78, 5) is 22.9. The summed E-state index contributed by atoms with van der Waals surface area (Å²) >= 11 is 0. The topological polar surface area (TPSA) is 146 Å². The second kappa shape index (κ2) is 10.6. The Morgan fingerprint density at radius 1 is 1.14 bits per heavy atom. The van der Waals surface area contributed by atoms with Gasteiger partial charge < -0.3 is 21.7 Å². The molecule has 0 bridgehead atoms. The first-order valence-corrected chi connectivity index (χ1v) is 8.86. The number of nitrogens with one attached hydrogen (secondary N) is 4. The minimum atomic E-state index is -0.488. The van der Waals surface area contributed by atoms with E-state index in [4.69, 9.17) is 11.1 Å². The maximum atomic E-state index is 12.7. The van der Waals surface area contributed by atoms with Crippen LogP contribution in [0.3, 0.4) is 0 Å². The van der Waals surface area contributed by atoms with Crippen molar-refractivity contribution in [3.63, 3.8) is 0 Å². The molecule has 2 aromatic rings. The Morgan fingerprint density at radius 3 is 2.43 bits per heavy atom. The van der Waals surface area contributed by atoms with Crippen molar-refractivity contribution in [2.24, 2.45) is 5.73 Å². The van der Waals surface area contributed by atoms with Gasteiger partial charge in [-0.3, -0.25) is 20.3 Å². The summed E-state index contributed by atoms with van der Waals surface area (Å²) in [6.45, 7) is 1.02. The van der Waals surface area contributed by atoms with E-state index in [0.717, 1.165) is 5.56 Å². The van der Waals surface area contributed by atoms with Crippen LogP contribution >= 0.6 is 0 Å². The lowest BCUT2D eigenvalue weighted by atomic mass is 10.1. The van der Waals surface area contributed by atoms with E-state index in [1.54, 1.807) is 0 Å². The molecule has 0 saturated heterocycles. The first-order valence-electron chi connectivity index (χ1n) is 8.86. The highest BCUT2D eigenvalue weighted by atomic mass is 16.6. The van der Waals surface area contributed by atoms with Gasteiger partial charge in [-0.15, -0.1) is 0 Å². The van der Waals surface area contributed by atoms with E-state index in [9.17, 15) is 14.9 Å². The Hall–Kier alpha value is -3.46. The molecule has 1 amide bonds. The van der Waals surface area contributed by atoms with Crippen LogP contribution in [0.1, 0.15) is 18.4 Å². The summed E-state index contributed by atoms with van der Waals surface area (Å²) in [6, 6.07) is 14.9. The number of nitrogens with zero attached hydrogens (tertiary/aromatic N) is 1. The van der Waals surface area contributed by atoms with Gasteiger partial charge in [0.1, 0.15) is 0 Å². The van der Waals surface area contributed by atoms with Crippen molar-refractivity contribution in [3.05, 3.63) is 70.3 Å². The van der Waals surface area contributed by atoms with Crippen molar-refractivity contribution in [1.29, 1.82) is 5.41 Å². The lowest BCUT2D eigenvalue weighted by molar-refractivity contribution is -0.384. The number of carbonyl (C=O) groups is 1. The molecule has 2 rings (SSSR count). The van der Waals surface area contributed by atoms with Gasteiger partial charge in [0.25, 0.3) is 5.69 Å². The molecule has 0 aliphatic heterocycles. The third-order valence-electron chi connectivity index (χ3n) is 4.04. The summed E-state index contributed by atoms with van der Waals surface area (Å²) in [5, 5.41) is 26.7. The Labute approximate surface area is 163 Å². The van der Waals surface area contributed by atoms with Crippen molar-refractivity contribution >= 4 is 23.2 Å². The molecule has 0 heterocycles. The van der Waals surface area contributed by atoms with Gasteiger partial charge in [-0.1, -0.05) is 30.3 Å². The lowest BCUT2D eigenvalue weighted by Crippen LogP contribution is -2.41. The predicted octanol–water partition coefficient (Wildman–Crippen LogP) is 1.95. The molecule has 148 valence electrons. The van der Waals surface area contributed by atoms with E-state index < -0.39 is 11.0 Å². The van der Waals surface area contributed by atoms with E-state index in [-0.39, 0.29) is 17.6 Å². The summed E-state index contributed by atoms with van der Waals surface area (Å²) in [6.07, 6.45) is 1.17. The second-order valence-corrected chi connectivity index (χ2v) is 6.20. The number of anilines is 1. The number of non-ortho nitro benzene ring substituents is 1. The third kappa shape index (κ3) is 7.04. The number of guanidine groups is 1. The molecule has 0 saturated carbocycles. The Morgan fingerprint density at radius 2 is 1.82 bits per heavy atom. The van der Waals surface area contributed by atoms with Gasteiger partial charge in [-0.05, 0) is 30.5 Å². The van der Waals surface area contributed by atoms with Crippen LogP contribution in [0.15, 0.2) is 54.6 Å². The fourth-order valence-electron chi connectivity index (χ4n) is 2.59. The Balaban J connectivity index is 1.97. The number of rotatable bonds is 10. The largest absolute Gasteiger partial charge is 0.370 e. The zero-order chi connectivity index (χ0) is 20.4. The molecule has 0 spiro atoms. The highest BCUT2D eigenvalue weighted by molar-refractivity contribution is 5.94. The molecule has 0 radical (unpaired) electrons. The summed E-state index contributed by atoms with van der Waals surface area (Å²) in [5.41, 5.74) is 6.78. The highest BCUT2D eigenvalue weighted by Crippen LogP contribution is 2.16. The average molecular weight is 384 g/mol. The molecule has 1 unspecified atom stereocenters. The monoisotopic (exact) mass is 384 g/mol. The molecule has 0 aliphatic rings. The number of nitro groups is 1.